The van der Waals surface area contributed by atoms with E-state index in [2.05, 4.69) is 57.0 Å². The van der Waals surface area contributed by atoms with Gasteiger partial charge in [-0.25, -0.2) is 0 Å². The SMILES string of the molecule is CCC(=O)Nc1ccc(N2C(=S)N[C@@H](c3ccccn3)[C@@H]2c2cc(C)n(CCCN3CCOCC3)c2C)cc1C. The summed E-state index contributed by atoms with van der Waals surface area (Å²) in [5.74, 6) is 0.00311. The molecule has 3 aromatic rings. The molecule has 212 valence electrons. The molecule has 2 aromatic heterocycles. The summed E-state index contributed by atoms with van der Waals surface area (Å²) in [6, 6.07) is 14.3. The summed E-state index contributed by atoms with van der Waals surface area (Å²) in [5, 5.41) is 7.25. The molecular formula is C31H40N6O2S. The van der Waals surface area contributed by atoms with E-state index < -0.39 is 0 Å². The first-order chi connectivity index (χ1) is 19.4. The summed E-state index contributed by atoms with van der Waals surface area (Å²) in [6.07, 6.45) is 3.37. The third-order valence-electron chi connectivity index (χ3n) is 8.07. The highest BCUT2D eigenvalue weighted by Crippen LogP contribution is 2.44. The fourth-order valence-electron chi connectivity index (χ4n) is 5.87. The van der Waals surface area contributed by atoms with Crippen molar-refractivity contribution < 1.29 is 9.53 Å². The topological polar surface area (TPSA) is 74.7 Å². The van der Waals surface area contributed by atoms with Gasteiger partial charge in [-0.05, 0) is 86.9 Å². The van der Waals surface area contributed by atoms with Crippen LogP contribution in [0.5, 0.6) is 0 Å². The lowest BCUT2D eigenvalue weighted by Crippen LogP contribution is -2.37. The quantitative estimate of drug-likeness (QED) is 0.355. The number of thiocarbonyl (C=S) groups is 1. The zero-order chi connectivity index (χ0) is 28.2. The maximum Gasteiger partial charge on any atom is 0.224 e. The highest BCUT2D eigenvalue weighted by atomic mass is 32.1. The first-order valence-electron chi connectivity index (χ1n) is 14.2. The highest BCUT2D eigenvalue weighted by Gasteiger charge is 2.42. The molecule has 40 heavy (non-hydrogen) atoms. The van der Waals surface area contributed by atoms with Crippen LogP contribution in [0.25, 0.3) is 0 Å². The van der Waals surface area contributed by atoms with E-state index in [1.165, 1.54) is 17.0 Å². The summed E-state index contributed by atoms with van der Waals surface area (Å²) < 4.78 is 7.95. The van der Waals surface area contributed by atoms with Crippen LogP contribution in [-0.2, 0) is 16.1 Å². The minimum atomic E-state index is -0.101. The van der Waals surface area contributed by atoms with E-state index in [1.807, 2.05) is 44.3 Å². The molecule has 0 spiro atoms. The standard InChI is InChI=1S/C31H40N6O2S/c1-5-28(38)33-26-11-10-24(19-21(26)2)37-30(29(34-31(37)40)27-9-6-7-12-32-27)25-20-22(3)36(23(25)4)14-8-13-35-15-17-39-18-16-35/h6-7,9-12,19-20,29-30H,5,8,13-18H2,1-4H3,(H,33,38)(H,34,40)/t29-,30-/m0/s1. The molecule has 2 fully saturated rings. The number of carbonyl (C=O) groups excluding carboxylic acids is 1. The average Bonchev–Trinajstić information content (AvgIpc) is 3.45. The van der Waals surface area contributed by atoms with E-state index in [9.17, 15) is 4.79 Å². The van der Waals surface area contributed by atoms with Gasteiger partial charge in [-0.15, -0.1) is 0 Å². The molecule has 2 aliphatic rings. The highest BCUT2D eigenvalue weighted by molar-refractivity contribution is 7.80. The van der Waals surface area contributed by atoms with E-state index in [4.69, 9.17) is 21.9 Å². The largest absolute Gasteiger partial charge is 0.379 e. The molecule has 2 N–H and O–H groups in total. The average molecular weight is 561 g/mol. The van der Waals surface area contributed by atoms with Crippen molar-refractivity contribution in [2.24, 2.45) is 0 Å². The summed E-state index contributed by atoms with van der Waals surface area (Å²) in [6.45, 7) is 14.0. The molecule has 8 nitrogen and oxygen atoms in total. The van der Waals surface area contributed by atoms with Gasteiger partial charge in [-0.3, -0.25) is 14.7 Å². The number of benzene rings is 1. The Morgan fingerprint density at radius 1 is 1.12 bits per heavy atom. The van der Waals surface area contributed by atoms with Crippen LogP contribution in [0.1, 0.15) is 60.1 Å². The number of carbonyl (C=O) groups is 1. The lowest BCUT2D eigenvalue weighted by molar-refractivity contribution is -0.115. The van der Waals surface area contributed by atoms with Crippen molar-refractivity contribution in [3.63, 3.8) is 0 Å². The second-order valence-electron chi connectivity index (χ2n) is 10.7. The molecule has 0 unspecified atom stereocenters. The first kappa shape index (κ1) is 28.3. The second kappa shape index (κ2) is 12.5. The fraction of sp³-hybridized carbons (Fsp3) is 0.452. The Labute approximate surface area is 242 Å². The van der Waals surface area contributed by atoms with E-state index in [-0.39, 0.29) is 18.0 Å². The molecule has 0 aliphatic carbocycles. The van der Waals surface area contributed by atoms with Crippen molar-refractivity contribution in [1.29, 1.82) is 0 Å². The van der Waals surface area contributed by atoms with Crippen molar-refractivity contribution in [3.8, 4) is 0 Å². The number of aryl methyl sites for hydroxylation is 2. The van der Waals surface area contributed by atoms with Gasteiger partial charge >= 0.3 is 0 Å². The number of nitrogens with zero attached hydrogens (tertiary/aromatic N) is 4. The molecule has 0 saturated carbocycles. The molecule has 1 aromatic carbocycles. The normalized spacial score (nSPS) is 19.6. The fourth-order valence-corrected chi connectivity index (χ4v) is 6.22. The van der Waals surface area contributed by atoms with E-state index in [1.54, 1.807) is 0 Å². The van der Waals surface area contributed by atoms with Gasteiger partial charge in [0.15, 0.2) is 5.11 Å². The molecule has 4 heterocycles. The van der Waals surface area contributed by atoms with Gasteiger partial charge < -0.3 is 24.8 Å². The predicted octanol–water partition coefficient (Wildman–Crippen LogP) is 5.06. The Morgan fingerprint density at radius 3 is 2.62 bits per heavy atom. The number of aromatic nitrogens is 2. The number of hydrogen-bond acceptors (Lipinski definition) is 5. The Kier molecular flexibility index (Phi) is 8.83. The van der Waals surface area contributed by atoms with E-state index in [0.717, 1.165) is 68.4 Å². The molecule has 2 aliphatic heterocycles. The Morgan fingerprint density at radius 2 is 1.93 bits per heavy atom. The molecular weight excluding hydrogens is 520 g/mol. The van der Waals surface area contributed by atoms with Gasteiger partial charge in [0.2, 0.25) is 5.91 Å². The van der Waals surface area contributed by atoms with Crippen LogP contribution in [0.4, 0.5) is 11.4 Å². The van der Waals surface area contributed by atoms with E-state index in [0.29, 0.717) is 11.5 Å². The molecule has 0 radical (unpaired) electrons. The Balaban J connectivity index is 1.47. The zero-order valence-corrected chi connectivity index (χ0v) is 24.8. The summed E-state index contributed by atoms with van der Waals surface area (Å²) in [7, 11) is 0. The number of morpholine rings is 1. The van der Waals surface area contributed by atoms with Crippen LogP contribution in [0, 0.1) is 20.8 Å². The van der Waals surface area contributed by atoms with Crippen LogP contribution >= 0.6 is 12.2 Å². The van der Waals surface area contributed by atoms with Crippen LogP contribution in [-0.4, -0.2) is 58.3 Å². The van der Waals surface area contributed by atoms with Crippen molar-refractivity contribution in [2.45, 2.75) is 59.2 Å². The molecule has 0 bridgehead atoms. The lowest BCUT2D eigenvalue weighted by atomic mass is 9.96. The van der Waals surface area contributed by atoms with Gasteiger partial charge in [-0.1, -0.05) is 13.0 Å². The second-order valence-corrected chi connectivity index (χ2v) is 11.1. The number of hydrogen-bond donors (Lipinski definition) is 2. The minimum Gasteiger partial charge on any atom is -0.379 e. The lowest BCUT2D eigenvalue weighted by Gasteiger charge is -2.29. The van der Waals surface area contributed by atoms with Crippen LogP contribution in [0.15, 0.2) is 48.7 Å². The first-order valence-corrected chi connectivity index (χ1v) is 14.7. The van der Waals surface area contributed by atoms with Gasteiger partial charge in [0.25, 0.3) is 0 Å². The molecule has 2 saturated heterocycles. The molecule has 9 heteroatoms. The predicted molar refractivity (Wildman–Crippen MR) is 164 cm³/mol. The van der Waals surface area contributed by atoms with Crippen molar-refractivity contribution in [2.75, 3.05) is 43.1 Å². The number of nitrogens with one attached hydrogen (secondary N) is 2. The number of amides is 1. The van der Waals surface area contributed by atoms with Crippen LogP contribution < -0.4 is 15.5 Å². The smallest absolute Gasteiger partial charge is 0.224 e. The number of ether oxygens (including phenoxy) is 1. The van der Waals surface area contributed by atoms with E-state index >= 15 is 0 Å². The van der Waals surface area contributed by atoms with Crippen LogP contribution in [0.2, 0.25) is 0 Å². The van der Waals surface area contributed by atoms with Gasteiger partial charge in [0.05, 0.1) is 31.0 Å². The number of anilines is 2. The molecule has 2 atom stereocenters. The summed E-state index contributed by atoms with van der Waals surface area (Å²) in [4.78, 5) is 21.5. The third-order valence-corrected chi connectivity index (χ3v) is 8.39. The summed E-state index contributed by atoms with van der Waals surface area (Å²) in [5.41, 5.74) is 7.52. The zero-order valence-electron chi connectivity index (χ0n) is 23.9. The van der Waals surface area contributed by atoms with Gasteiger partial charge in [0, 0.05) is 61.6 Å². The van der Waals surface area contributed by atoms with Crippen molar-refractivity contribution >= 4 is 34.6 Å². The Hall–Kier alpha value is -3.27. The minimum absolute atomic E-state index is 0.00311. The molecule has 1 amide bonds. The van der Waals surface area contributed by atoms with Gasteiger partial charge in [0.1, 0.15) is 0 Å². The van der Waals surface area contributed by atoms with Crippen molar-refractivity contribution in [3.05, 3.63) is 76.9 Å². The maximum atomic E-state index is 12.0. The number of pyridine rings is 1. The van der Waals surface area contributed by atoms with Crippen LogP contribution in [0.3, 0.4) is 0 Å². The number of rotatable bonds is 9. The third kappa shape index (κ3) is 5.92. The summed E-state index contributed by atoms with van der Waals surface area (Å²) >= 11 is 5.96. The monoisotopic (exact) mass is 560 g/mol. The Bertz CT molecular complexity index is 1350. The van der Waals surface area contributed by atoms with Gasteiger partial charge in [-0.2, -0.15) is 0 Å². The maximum absolute atomic E-state index is 12.0. The molecule has 5 rings (SSSR count). The van der Waals surface area contributed by atoms with Crippen molar-refractivity contribution in [1.82, 2.24) is 19.8 Å².